The monoisotopic (exact) mass is 301 g/mol. The third-order valence-electron chi connectivity index (χ3n) is 3.51. The van der Waals surface area contributed by atoms with Gasteiger partial charge in [-0.2, -0.15) is 4.91 Å². The summed E-state index contributed by atoms with van der Waals surface area (Å²) in [5.74, 6) is 0. The Labute approximate surface area is 133 Å². The predicted octanol–water partition coefficient (Wildman–Crippen LogP) is 6.50. The lowest BCUT2D eigenvalue weighted by Crippen LogP contribution is -1.84. The molecule has 128 valence electrons. The molecule has 0 aromatic rings. The summed E-state index contributed by atoms with van der Waals surface area (Å²) in [6, 6.07) is 0. The van der Waals surface area contributed by atoms with Crippen molar-refractivity contribution in [2.75, 3.05) is 19.8 Å². The zero-order chi connectivity index (χ0) is 16.0. The van der Waals surface area contributed by atoms with Crippen LogP contribution >= 0.6 is 0 Å². The van der Waals surface area contributed by atoms with E-state index in [4.69, 9.17) is 4.74 Å². The van der Waals surface area contributed by atoms with E-state index in [9.17, 15) is 4.91 Å². The summed E-state index contributed by atoms with van der Waals surface area (Å²) in [5.41, 5.74) is 0. The van der Waals surface area contributed by atoms with Gasteiger partial charge in [-0.1, -0.05) is 82.7 Å². The first-order chi connectivity index (χ1) is 10.3. The van der Waals surface area contributed by atoms with Crippen LogP contribution in [0.5, 0.6) is 0 Å². The second-order valence-corrected chi connectivity index (χ2v) is 5.52. The highest BCUT2D eigenvalue weighted by Gasteiger charge is 1.93. The molecule has 0 heterocycles. The van der Waals surface area contributed by atoms with Crippen LogP contribution in [0.4, 0.5) is 0 Å². The molecule has 0 amide bonds. The first-order valence-corrected chi connectivity index (χ1v) is 9.20. The minimum Gasteiger partial charge on any atom is -0.382 e. The van der Waals surface area contributed by atoms with Crippen molar-refractivity contribution in [2.45, 2.75) is 97.8 Å². The zero-order valence-corrected chi connectivity index (χ0v) is 14.9. The van der Waals surface area contributed by atoms with Gasteiger partial charge in [0.2, 0.25) is 0 Å². The Kier molecular flexibility index (Phi) is 26.7. The molecule has 21 heavy (non-hydrogen) atoms. The van der Waals surface area contributed by atoms with Gasteiger partial charge in [0.05, 0.1) is 6.54 Å². The summed E-state index contributed by atoms with van der Waals surface area (Å²) in [4.78, 5) is 9.84. The fourth-order valence-corrected chi connectivity index (χ4v) is 2.22. The van der Waals surface area contributed by atoms with E-state index in [2.05, 4.69) is 12.1 Å². The molecule has 0 aliphatic rings. The number of hydrogen-bond donors (Lipinski definition) is 0. The molecule has 0 spiro atoms. The Hall–Kier alpha value is -0.440. The van der Waals surface area contributed by atoms with Crippen LogP contribution in [0.25, 0.3) is 0 Å². The fourth-order valence-electron chi connectivity index (χ4n) is 2.22. The largest absolute Gasteiger partial charge is 0.382 e. The summed E-state index contributed by atoms with van der Waals surface area (Å²) in [5, 5.41) is 2.87. The van der Waals surface area contributed by atoms with Gasteiger partial charge >= 0.3 is 0 Å². The standard InChI is InChI=1S/C14H29NO.C4H10O/c1-2-3-4-5-6-7-8-9-10-11-12-13-14-15-16;1-3-5-4-2/h2-14H2,1H3;3-4H2,1-2H3. The maximum Gasteiger partial charge on any atom is 0.0811 e. The smallest absolute Gasteiger partial charge is 0.0811 e. The lowest BCUT2D eigenvalue weighted by atomic mass is 10.1. The molecular weight excluding hydrogens is 262 g/mol. The van der Waals surface area contributed by atoms with Crippen molar-refractivity contribution in [2.24, 2.45) is 5.18 Å². The van der Waals surface area contributed by atoms with E-state index < -0.39 is 0 Å². The third kappa shape index (κ3) is 28.5. The molecule has 0 fully saturated rings. The van der Waals surface area contributed by atoms with Gasteiger partial charge in [-0.05, 0) is 20.3 Å². The van der Waals surface area contributed by atoms with E-state index in [-0.39, 0.29) is 0 Å². The van der Waals surface area contributed by atoms with E-state index in [1.54, 1.807) is 0 Å². The molecule has 0 radical (unpaired) electrons. The Bertz CT molecular complexity index is 173. The maximum absolute atomic E-state index is 9.84. The van der Waals surface area contributed by atoms with Crippen LogP contribution in [0, 0.1) is 4.91 Å². The molecule has 0 aliphatic carbocycles. The summed E-state index contributed by atoms with van der Waals surface area (Å²) in [6.45, 7) is 8.44. The fraction of sp³-hybridized carbons (Fsp3) is 1.00. The molecular formula is C18H39NO2. The van der Waals surface area contributed by atoms with Gasteiger partial charge < -0.3 is 4.74 Å². The van der Waals surface area contributed by atoms with E-state index in [0.717, 1.165) is 19.6 Å². The van der Waals surface area contributed by atoms with Gasteiger partial charge in [0, 0.05) is 13.2 Å². The maximum atomic E-state index is 9.84. The number of ether oxygens (including phenoxy) is 1. The quantitative estimate of drug-likeness (QED) is 0.256. The number of hydrogen-bond acceptors (Lipinski definition) is 3. The van der Waals surface area contributed by atoms with Gasteiger partial charge in [0.15, 0.2) is 0 Å². The molecule has 0 N–H and O–H groups in total. The van der Waals surface area contributed by atoms with Crippen molar-refractivity contribution in [1.82, 2.24) is 0 Å². The number of unbranched alkanes of at least 4 members (excludes halogenated alkanes) is 11. The molecule has 0 aromatic heterocycles. The summed E-state index contributed by atoms with van der Waals surface area (Å²) in [6.07, 6.45) is 16.0. The highest BCUT2D eigenvalue weighted by Crippen LogP contribution is 2.11. The molecule has 0 bridgehead atoms. The average molecular weight is 302 g/mol. The van der Waals surface area contributed by atoms with E-state index in [1.165, 1.54) is 70.6 Å². The van der Waals surface area contributed by atoms with E-state index in [0.29, 0.717) is 6.54 Å². The number of nitroso groups, excluding NO2 is 1. The number of rotatable bonds is 15. The highest BCUT2D eigenvalue weighted by molar-refractivity contribution is 4.49. The first kappa shape index (κ1) is 22.8. The minimum atomic E-state index is 0.511. The van der Waals surface area contributed by atoms with Crippen LogP contribution in [0.1, 0.15) is 97.8 Å². The Balaban J connectivity index is 0. The van der Waals surface area contributed by atoms with Gasteiger partial charge in [0.25, 0.3) is 0 Å². The van der Waals surface area contributed by atoms with Gasteiger partial charge in [0.1, 0.15) is 0 Å². The third-order valence-corrected chi connectivity index (χ3v) is 3.51. The average Bonchev–Trinajstić information content (AvgIpc) is 2.50. The van der Waals surface area contributed by atoms with Crippen LogP contribution in [0.3, 0.4) is 0 Å². The number of nitrogens with zero attached hydrogens (tertiary/aromatic N) is 1. The Morgan fingerprint density at radius 2 is 1.00 bits per heavy atom. The highest BCUT2D eigenvalue weighted by atomic mass is 16.5. The Morgan fingerprint density at radius 1 is 0.619 bits per heavy atom. The van der Waals surface area contributed by atoms with Gasteiger partial charge in [-0.15, -0.1) is 0 Å². The van der Waals surface area contributed by atoms with Crippen LogP contribution in [0.2, 0.25) is 0 Å². The van der Waals surface area contributed by atoms with Crippen LogP contribution < -0.4 is 0 Å². The topological polar surface area (TPSA) is 38.7 Å². The summed E-state index contributed by atoms with van der Waals surface area (Å²) in [7, 11) is 0. The van der Waals surface area contributed by atoms with Crippen molar-refractivity contribution in [1.29, 1.82) is 0 Å². The first-order valence-electron chi connectivity index (χ1n) is 9.20. The Morgan fingerprint density at radius 3 is 1.29 bits per heavy atom. The molecule has 0 saturated heterocycles. The lowest BCUT2D eigenvalue weighted by molar-refractivity contribution is 0.162. The summed E-state index contributed by atoms with van der Waals surface area (Å²) >= 11 is 0. The zero-order valence-electron chi connectivity index (χ0n) is 14.9. The minimum absolute atomic E-state index is 0.511. The van der Waals surface area contributed by atoms with Crippen molar-refractivity contribution >= 4 is 0 Å². The van der Waals surface area contributed by atoms with Crippen molar-refractivity contribution in [3.63, 3.8) is 0 Å². The van der Waals surface area contributed by atoms with Gasteiger partial charge in [-0.25, -0.2) is 0 Å². The van der Waals surface area contributed by atoms with E-state index in [1.807, 2.05) is 13.8 Å². The molecule has 0 rings (SSSR count). The molecule has 3 heteroatoms. The second-order valence-electron chi connectivity index (χ2n) is 5.52. The molecule has 0 aromatic carbocycles. The van der Waals surface area contributed by atoms with E-state index >= 15 is 0 Å². The predicted molar refractivity (Wildman–Crippen MR) is 93.9 cm³/mol. The molecule has 0 unspecified atom stereocenters. The normalized spacial score (nSPS) is 10.0. The molecule has 0 aliphatic heterocycles. The van der Waals surface area contributed by atoms with Crippen molar-refractivity contribution in [3.05, 3.63) is 4.91 Å². The van der Waals surface area contributed by atoms with Gasteiger partial charge in [-0.3, -0.25) is 0 Å². The van der Waals surface area contributed by atoms with Crippen LogP contribution in [0.15, 0.2) is 5.18 Å². The van der Waals surface area contributed by atoms with Crippen molar-refractivity contribution < 1.29 is 4.74 Å². The van der Waals surface area contributed by atoms with Crippen LogP contribution in [-0.2, 0) is 4.74 Å². The lowest BCUT2D eigenvalue weighted by Gasteiger charge is -2.01. The molecule has 0 saturated carbocycles. The summed E-state index contributed by atoms with van der Waals surface area (Å²) < 4.78 is 4.83. The van der Waals surface area contributed by atoms with Crippen molar-refractivity contribution in [3.8, 4) is 0 Å². The molecule has 3 nitrogen and oxygen atoms in total. The molecule has 0 atom stereocenters. The SMILES string of the molecule is CCCCCCCCCCCCCCN=O.CCOCC. The van der Waals surface area contributed by atoms with Crippen LogP contribution in [-0.4, -0.2) is 19.8 Å². The second kappa shape index (κ2) is 24.6.